The van der Waals surface area contributed by atoms with E-state index in [0.29, 0.717) is 12.2 Å². The summed E-state index contributed by atoms with van der Waals surface area (Å²) in [7, 11) is -3.87. The standard InChI is InChI=1S/C19H23BrN2O3S/c1-14(2)12-21-19(23)13-22(17-6-4-5-16(20)11-17)26(24,25)18-9-7-15(3)8-10-18/h4-11,14H,12-13H2,1-3H3,(H,21,23). The van der Waals surface area contributed by atoms with E-state index in [1.807, 2.05) is 20.8 Å². The van der Waals surface area contributed by atoms with Gasteiger partial charge in [-0.2, -0.15) is 0 Å². The first-order chi connectivity index (χ1) is 12.2. The molecular weight excluding hydrogens is 416 g/mol. The summed E-state index contributed by atoms with van der Waals surface area (Å²) in [6.07, 6.45) is 0. The zero-order chi connectivity index (χ0) is 19.3. The van der Waals surface area contributed by atoms with E-state index >= 15 is 0 Å². The number of sulfonamides is 1. The minimum absolute atomic E-state index is 0.153. The van der Waals surface area contributed by atoms with E-state index in [-0.39, 0.29) is 23.3 Å². The van der Waals surface area contributed by atoms with Crippen LogP contribution in [-0.2, 0) is 14.8 Å². The molecule has 0 unspecified atom stereocenters. The van der Waals surface area contributed by atoms with E-state index in [2.05, 4.69) is 21.2 Å². The predicted octanol–water partition coefficient (Wildman–Crippen LogP) is 3.73. The average Bonchev–Trinajstić information content (AvgIpc) is 2.58. The van der Waals surface area contributed by atoms with Crippen LogP contribution in [0.4, 0.5) is 5.69 Å². The SMILES string of the molecule is Cc1ccc(S(=O)(=O)N(CC(=O)NCC(C)C)c2cccc(Br)c2)cc1. The first-order valence-electron chi connectivity index (χ1n) is 8.32. The molecule has 1 N–H and O–H groups in total. The van der Waals surface area contributed by atoms with Crippen LogP contribution in [0.1, 0.15) is 19.4 Å². The zero-order valence-electron chi connectivity index (χ0n) is 15.1. The topological polar surface area (TPSA) is 66.5 Å². The van der Waals surface area contributed by atoms with Gasteiger partial charge in [0.05, 0.1) is 10.6 Å². The Morgan fingerprint density at radius 3 is 2.38 bits per heavy atom. The van der Waals surface area contributed by atoms with Crippen LogP contribution in [0.15, 0.2) is 57.9 Å². The number of nitrogens with one attached hydrogen (secondary N) is 1. The molecule has 0 heterocycles. The van der Waals surface area contributed by atoms with E-state index < -0.39 is 10.0 Å². The summed E-state index contributed by atoms with van der Waals surface area (Å²) in [4.78, 5) is 12.5. The van der Waals surface area contributed by atoms with Gasteiger partial charge in [-0.15, -0.1) is 0 Å². The maximum atomic E-state index is 13.2. The highest BCUT2D eigenvalue weighted by Gasteiger charge is 2.27. The first kappa shape index (κ1) is 20.5. The Morgan fingerprint density at radius 1 is 1.15 bits per heavy atom. The number of anilines is 1. The molecule has 0 spiro atoms. The summed E-state index contributed by atoms with van der Waals surface area (Å²) >= 11 is 3.36. The van der Waals surface area contributed by atoms with Gasteiger partial charge >= 0.3 is 0 Å². The van der Waals surface area contributed by atoms with Gasteiger partial charge in [0.15, 0.2) is 0 Å². The van der Waals surface area contributed by atoms with Gasteiger partial charge < -0.3 is 5.32 Å². The molecule has 0 fully saturated rings. The molecule has 1 amide bonds. The fourth-order valence-corrected chi connectivity index (χ4v) is 4.09. The highest BCUT2D eigenvalue weighted by atomic mass is 79.9. The van der Waals surface area contributed by atoms with Gasteiger partial charge in [0.1, 0.15) is 6.54 Å². The number of carbonyl (C=O) groups excluding carboxylic acids is 1. The summed E-state index contributed by atoms with van der Waals surface area (Å²) in [5.74, 6) is -0.0543. The highest BCUT2D eigenvalue weighted by Crippen LogP contribution is 2.26. The van der Waals surface area contributed by atoms with E-state index in [9.17, 15) is 13.2 Å². The van der Waals surface area contributed by atoms with Gasteiger partial charge in [-0.05, 0) is 43.2 Å². The molecule has 0 atom stereocenters. The van der Waals surface area contributed by atoms with Crippen molar-refractivity contribution in [2.75, 3.05) is 17.4 Å². The number of aryl methyl sites for hydroxylation is 1. The summed E-state index contributed by atoms with van der Waals surface area (Å²) in [5, 5.41) is 2.77. The molecular formula is C19H23BrN2O3S. The molecule has 140 valence electrons. The molecule has 2 aromatic rings. The third-order valence-corrected chi connectivity index (χ3v) is 5.98. The summed E-state index contributed by atoms with van der Waals surface area (Å²) in [5.41, 5.74) is 1.40. The van der Waals surface area contributed by atoms with Gasteiger partial charge in [0.2, 0.25) is 5.91 Å². The van der Waals surface area contributed by atoms with Crippen molar-refractivity contribution < 1.29 is 13.2 Å². The highest BCUT2D eigenvalue weighted by molar-refractivity contribution is 9.10. The fraction of sp³-hybridized carbons (Fsp3) is 0.316. The normalized spacial score (nSPS) is 11.4. The lowest BCUT2D eigenvalue weighted by Gasteiger charge is -2.24. The maximum Gasteiger partial charge on any atom is 0.264 e. The third kappa shape index (κ3) is 5.32. The van der Waals surface area contributed by atoms with E-state index in [0.717, 1.165) is 14.3 Å². The summed E-state index contributed by atoms with van der Waals surface area (Å²) in [6.45, 7) is 6.07. The van der Waals surface area contributed by atoms with Gasteiger partial charge in [-0.1, -0.05) is 53.5 Å². The second-order valence-electron chi connectivity index (χ2n) is 6.50. The maximum absolute atomic E-state index is 13.2. The third-order valence-electron chi connectivity index (χ3n) is 3.70. The predicted molar refractivity (Wildman–Crippen MR) is 108 cm³/mol. The number of nitrogens with zero attached hydrogens (tertiary/aromatic N) is 1. The van der Waals surface area contributed by atoms with E-state index in [4.69, 9.17) is 0 Å². The molecule has 0 aliphatic rings. The van der Waals surface area contributed by atoms with E-state index in [1.54, 1.807) is 48.5 Å². The Morgan fingerprint density at radius 2 is 1.81 bits per heavy atom. The number of halogens is 1. The van der Waals surface area contributed by atoms with Gasteiger partial charge in [0.25, 0.3) is 10.0 Å². The minimum Gasteiger partial charge on any atom is -0.354 e. The molecule has 0 saturated carbocycles. The second-order valence-corrected chi connectivity index (χ2v) is 9.28. The van der Waals surface area contributed by atoms with E-state index in [1.165, 1.54) is 0 Å². The lowest BCUT2D eigenvalue weighted by molar-refractivity contribution is -0.119. The Labute approximate surface area is 163 Å². The smallest absolute Gasteiger partial charge is 0.264 e. The van der Waals surface area contributed by atoms with Crippen LogP contribution in [0, 0.1) is 12.8 Å². The summed E-state index contributed by atoms with van der Waals surface area (Å²) in [6, 6.07) is 13.5. The Bertz CT molecular complexity index is 865. The Balaban J connectivity index is 2.39. The van der Waals surface area contributed by atoms with Gasteiger partial charge in [-0.25, -0.2) is 8.42 Å². The molecule has 0 aromatic heterocycles. The van der Waals surface area contributed by atoms with Crippen LogP contribution in [0.25, 0.3) is 0 Å². The lowest BCUT2D eigenvalue weighted by atomic mass is 10.2. The number of rotatable bonds is 7. The van der Waals surface area contributed by atoms with Crippen LogP contribution in [0.2, 0.25) is 0 Å². The van der Waals surface area contributed by atoms with Crippen molar-refractivity contribution in [3.63, 3.8) is 0 Å². The van der Waals surface area contributed by atoms with Crippen LogP contribution < -0.4 is 9.62 Å². The first-order valence-corrected chi connectivity index (χ1v) is 10.5. The van der Waals surface area contributed by atoms with Crippen molar-refractivity contribution in [2.45, 2.75) is 25.7 Å². The molecule has 2 aromatic carbocycles. The largest absolute Gasteiger partial charge is 0.354 e. The monoisotopic (exact) mass is 438 g/mol. The van der Waals surface area contributed by atoms with Crippen LogP contribution >= 0.6 is 15.9 Å². The second kappa shape index (κ2) is 8.68. The fourth-order valence-electron chi connectivity index (χ4n) is 2.29. The number of carbonyl (C=O) groups is 1. The van der Waals surface area contributed by atoms with Gasteiger partial charge in [0, 0.05) is 11.0 Å². The van der Waals surface area contributed by atoms with Crippen molar-refractivity contribution in [3.8, 4) is 0 Å². The van der Waals surface area contributed by atoms with Gasteiger partial charge in [-0.3, -0.25) is 9.10 Å². The number of hydrogen-bond donors (Lipinski definition) is 1. The Kier molecular flexibility index (Phi) is 6.83. The van der Waals surface area contributed by atoms with Crippen LogP contribution in [-0.4, -0.2) is 27.4 Å². The Hall–Kier alpha value is -1.86. The van der Waals surface area contributed by atoms with Crippen molar-refractivity contribution in [3.05, 3.63) is 58.6 Å². The molecule has 0 bridgehead atoms. The quantitative estimate of drug-likeness (QED) is 0.715. The molecule has 2 rings (SSSR count). The molecule has 0 saturated heterocycles. The summed E-state index contributed by atoms with van der Waals surface area (Å²) < 4.78 is 28.2. The minimum atomic E-state index is -3.87. The molecule has 7 heteroatoms. The zero-order valence-corrected chi connectivity index (χ0v) is 17.5. The number of hydrogen-bond acceptors (Lipinski definition) is 3. The lowest BCUT2D eigenvalue weighted by Crippen LogP contribution is -2.41. The molecule has 26 heavy (non-hydrogen) atoms. The van der Waals surface area contributed by atoms with Crippen LogP contribution in [0.5, 0.6) is 0 Å². The number of amides is 1. The van der Waals surface area contributed by atoms with Crippen molar-refractivity contribution in [1.82, 2.24) is 5.32 Å². The molecule has 5 nitrogen and oxygen atoms in total. The molecule has 0 radical (unpaired) electrons. The van der Waals surface area contributed by atoms with Crippen LogP contribution in [0.3, 0.4) is 0 Å². The molecule has 0 aliphatic carbocycles. The average molecular weight is 439 g/mol. The van der Waals surface area contributed by atoms with Crippen molar-refractivity contribution in [1.29, 1.82) is 0 Å². The van der Waals surface area contributed by atoms with Crippen molar-refractivity contribution in [2.24, 2.45) is 5.92 Å². The number of benzene rings is 2. The van der Waals surface area contributed by atoms with Crippen molar-refractivity contribution >= 4 is 37.5 Å². The molecule has 0 aliphatic heterocycles.